The standard InChI is InChI=1S/C22H26N4O4/c23-18(13-20(24)28)21(29)26-19(12-16-9-5-2-6-10-16)22(30)25-17(14-27)11-15-7-3-1-4-8-15/h1-10,14,17-19H,11-13,23H2,(H2,24,28)(H,25,30)(H,26,29)/t17-,18-,19-/m0/s1. The topological polar surface area (TPSA) is 144 Å². The maximum Gasteiger partial charge on any atom is 0.243 e. The van der Waals surface area contributed by atoms with Crippen LogP contribution in [-0.2, 0) is 32.0 Å². The molecule has 8 nitrogen and oxygen atoms in total. The normalized spacial score (nSPS) is 13.5. The largest absolute Gasteiger partial charge is 0.370 e. The number of rotatable bonds is 11. The monoisotopic (exact) mass is 410 g/mol. The lowest BCUT2D eigenvalue weighted by Crippen LogP contribution is -2.55. The summed E-state index contributed by atoms with van der Waals surface area (Å²) in [5.41, 5.74) is 12.5. The van der Waals surface area contributed by atoms with E-state index in [-0.39, 0.29) is 12.8 Å². The highest BCUT2D eigenvalue weighted by Gasteiger charge is 2.26. The number of hydrogen-bond acceptors (Lipinski definition) is 5. The lowest BCUT2D eigenvalue weighted by molar-refractivity contribution is -0.131. The highest BCUT2D eigenvalue weighted by molar-refractivity contribution is 5.92. The molecule has 2 rings (SSSR count). The predicted octanol–water partition coefficient (Wildman–Crippen LogP) is -0.157. The van der Waals surface area contributed by atoms with Crippen molar-refractivity contribution in [2.24, 2.45) is 11.5 Å². The van der Waals surface area contributed by atoms with E-state index in [2.05, 4.69) is 10.6 Å². The van der Waals surface area contributed by atoms with Gasteiger partial charge in [-0.25, -0.2) is 0 Å². The average molecular weight is 410 g/mol. The van der Waals surface area contributed by atoms with E-state index in [1.54, 1.807) is 0 Å². The first kappa shape index (κ1) is 22.8. The van der Waals surface area contributed by atoms with Crippen LogP contribution in [0.25, 0.3) is 0 Å². The van der Waals surface area contributed by atoms with Gasteiger partial charge in [0.25, 0.3) is 0 Å². The summed E-state index contributed by atoms with van der Waals surface area (Å²) in [6, 6.07) is 15.5. The van der Waals surface area contributed by atoms with Crippen molar-refractivity contribution in [3.8, 4) is 0 Å². The van der Waals surface area contributed by atoms with Gasteiger partial charge in [-0.3, -0.25) is 14.4 Å². The van der Waals surface area contributed by atoms with Crippen LogP contribution in [0.1, 0.15) is 17.5 Å². The van der Waals surface area contributed by atoms with Crippen molar-refractivity contribution in [1.29, 1.82) is 0 Å². The summed E-state index contributed by atoms with van der Waals surface area (Å²) < 4.78 is 0. The van der Waals surface area contributed by atoms with E-state index in [9.17, 15) is 19.2 Å². The predicted molar refractivity (Wildman–Crippen MR) is 112 cm³/mol. The summed E-state index contributed by atoms with van der Waals surface area (Å²) in [6.45, 7) is 0. The van der Waals surface area contributed by atoms with Crippen LogP contribution in [0.2, 0.25) is 0 Å². The molecule has 3 atom stereocenters. The van der Waals surface area contributed by atoms with Gasteiger partial charge in [0, 0.05) is 6.42 Å². The Kier molecular flexibility index (Phi) is 8.71. The molecule has 0 fully saturated rings. The first-order valence-corrected chi connectivity index (χ1v) is 9.56. The summed E-state index contributed by atoms with van der Waals surface area (Å²) in [6.07, 6.45) is 0.837. The molecule has 0 spiro atoms. The minimum absolute atomic E-state index is 0.193. The minimum atomic E-state index is -1.17. The molecule has 0 aliphatic carbocycles. The van der Waals surface area contributed by atoms with Crippen molar-refractivity contribution in [2.45, 2.75) is 37.4 Å². The van der Waals surface area contributed by atoms with Crippen LogP contribution < -0.4 is 22.1 Å². The van der Waals surface area contributed by atoms with E-state index in [0.29, 0.717) is 12.7 Å². The van der Waals surface area contributed by atoms with E-state index in [0.717, 1.165) is 11.1 Å². The SMILES string of the molecule is NC(=O)C[C@H](N)C(=O)N[C@@H](Cc1ccccc1)C(=O)N[C@H](C=O)Cc1ccccc1. The van der Waals surface area contributed by atoms with E-state index in [4.69, 9.17) is 11.5 Å². The van der Waals surface area contributed by atoms with Gasteiger partial charge < -0.3 is 26.9 Å². The number of carbonyl (C=O) groups excluding carboxylic acids is 4. The lowest BCUT2D eigenvalue weighted by atomic mass is 10.0. The molecule has 0 aromatic heterocycles. The average Bonchev–Trinajstić information content (AvgIpc) is 2.73. The lowest BCUT2D eigenvalue weighted by Gasteiger charge is -2.22. The van der Waals surface area contributed by atoms with Crippen molar-refractivity contribution in [2.75, 3.05) is 0 Å². The van der Waals surface area contributed by atoms with Gasteiger partial charge in [0.15, 0.2) is 0 Å². The number of amides is 3. The van der Waals surface area contributed by atoms with Crippen molar-refractivity contribution < 1.29 is 19.2 Å². The molecule has 158 valence electrons. The fourth-order valence-corrected chi connectivity index (χ4v) is 2.93. The van der Waals surface area contributed by atoms with Crippen LogP contribution in [0, 0.1) is 0 Å². The molecule has 0 saturated carbocycles. The summed E-state index contributed by atoms with van der Waals surface area (Å²) in [4.78, 5) is 47.7. The van der Waals surface area contributed by atoms with E-state index >= 15 is 0 Å². The smallest absolute Gasteiger partial charge is 0.243 e. The molecule has 0 aliphatic heterocycles. The van der Waals surface area contributed by atoms with Gasteiger partial charge in [-0.2, -0.15) is 0 Å². The van der Waals surface area contributed by atoms with Gasteiger partial charge >= 0.3 is 0 Å². The second kappa shape index (κ2) is 11.5. The van der Waals surface area contributed by atoms with Gasteiger partial charge in [0.1, 0.15) is 12.3 Å². The highest BCUT2D eigenvalue weighted by Crippen LogP contribution is 2.06. The number of nitrogens with two attached hydrogens (primary N) is 2. The molecule has 30 heavy (non-hydrogen) atoms. The Hall–Kier alpha value is -3.52. The number of nitrogens with one attached hydrogen (secondary N) is 2. The third-order valence-corrected chi connectivity index (χ3v) is 4.46. The summed E-state index contributed by atoms with van der Waals surface area (Å²) in [5, 5.41) is 5.23. The Morgan fingerprint density at radius 1 is 0.833 bits per heavy atom. The van der Waals surface area contributed by atoms with Crippen molar-refractivity contribution >= 4 is 24.0 Å². The fraction of sp³-hybridized carbons (Fsp3) is 0.273. The third kappa shape index (κ3) is 7.48. The maximum atomic E-state index is 12.9. The van der Waals surface area contributed by atoms with Crippen molar-refractivity contribution in [3.63, 3.8) is 0 Å². The van der Waals surface area contributed by atoms with Crippen LogP contribution in [-0.4, -0.2) is 42.1 Å². The van der Waals surface area contributed by atoms with E-state index in [1.807, 2.05) is 60.7 Å². The molecule has 0 unspecified atom stereocenters. The summed E-state index contributed by atoms with van der Waals surface area (Å²) in [7, 11) is 0. The molecule has 2 aromatic carbocycles. The quantitative estimate of drug-likeness (QED) is 0.381. The van der Waals surface area contributed by atoms with E-state index < -0.39 is 35.8 Å². The van der Waals surface area contributed by atoms with Gasteiger partial charge in [-0.15, -0.1) is 0 Å². The van der Waals surface area contributed by atoms with Crippen LogP contribution in [0.4, 0.5) is 0 Å². The van der Waals surface area contributed by atoms with Crippen LogP contribution in [0.3, 0.4) is 0 Å². The van der Waals surface area contributed by atoms with Crippen LogP contribution in [0.5, 0.6) is 0 Å². The van der Waals surface area contributed by atoms with Crippen LogP contribution in [0.15, 0.2) is 60.7 Å². The number of benzene rings is 2. The zero-order chi connectivity index (χ0) is 21.9. The van der Waals surface area contributed by atoms with Gasteiger partial charge in [-0.05, 0) is 17.5 Å². The molecule has 0 heterocycles. The minimum Gasteiger partial charge on any atom is -0.370 e. The first-order chi connectivity index (χ1) is 14.4. The Bertz CT molecular complexity index is 858. The number of carbonyl (C=O) groups is 4. The molecule has 0 bridgehead atoms. The maximum absolute atomic E-state index is 12.9. The number of hydrogen-bond donors (Lipinski definition) is 4. The first-order valence-electron chi connectivity index (χ1n) is 9.56. The molecule has 8 heteroatoms. The molecule has 0 aliphatic rings. The molecule has 3 amide bonds. The Morgan fingerprint density at radius 2 is 1.37 bits per heavy atom. The summed E-state index contributed by atoms with van der Waals surface area (Å²) >= 11 is 0. The zero-order valence-corrected chi connectivity index (χ0v) is 16.5. The Balaban J connectivity index is 2.10. The van der Waals surface area contributed by atoms with Gasteiger partial charge in [0.2, 0.25) is 17.7 Å². The third-order valence-electron chi connectivity index (χ3n) is 4.46. The molecule has 0 saturated heterocycles. The summed E-state index contributed by atoms with van der Waals surface area (Å²) in [5.74, 6) is -1.91. The molecular weight excluding hydrogens is 384 g/mol. The van der Waals surface area contributed by atoms with E-state index in [1.165, 1.54) is 0 Å². The molecule has 2 aromatic rings. The molecular formula is C22H26N4O4. The second-order valence-corrected chi connectivity index (χ2v) is 6.97. The van der Waals surface area contributed by atoms with Gasteiger partial charge in [0.05, 0.1) is 18.5 Å². The van der Waals surface area contributed by atoms with Crippen molar-refractivity contribution in [3.05, 3.63) is 71.8 Å². The molecule has 0 radical (unpaired) electrons. The number of primary amides is 1. The second-order valence-electron chi connectivity index (χ2n) is 6.97. The van der Waals surface area contributed by atoms with Crippen LogP contribution >= 0.6 is 0 Å². The highest BCUT2D eigenvalue weighted by atomic mass is 16.2. The number of aldehydes is 1. The zero-order valence-electron chi connectivity index (χ0n) is 16.5. The molecule has 6 N–H and O–H groups in total. The Labute approximate surface area is 175 Å². The Morgan fingerprint density at radius 3 is 1.87 bits per heavy atom. The van der Waals surface area contributed by atoms with Gasteiger partial charge in [-0.1, -0.05) is 60.7 Å². The fourth-order valence-electron chi connectivity index (χ4n) is 2.93. The van der Waals surface area contributed by atoms with Crippen molar-refractivity contribution in [1.82, 2.24) is 10.6 Å².